The van der Waals surface area contributed by atoms with E-state index < -0.39 is 5.60 Å². The van der Waals surface area contributed by atoms with E-state index in [0.29, 0.717) is 17.6 Å². The van der Waals surface area contributed by atoms with E-state index in [1.54, 1.807) is 7.05 Å². The lowest BCUT2D eigenvalue weighted by Crippen LogP contribution is -2.49. The SMILES string of the molecule is CNC(=S)NCC1(O)CN2CCCC1C2. The molecule has 86 valence electrons. The average molecular weight is 229 g/mol. The maximum Gasteiger partial charge on any atom is 0.166 e. The molecule has 3 N–H and O–H groups in total. The maximum absolute atomic E-state index is 10.5. The Labute approximate surface area is 96.0 Å². The standard InChI is InChI=1S/C10H19N3OS/c1-11-9(15)12-6-10(14)7-13-4-2-3-8(10)5-13/h8,14H,2-7H2,1H3,(H2,11,12,15). The Kier molecular flexibility index (Phi) is 3.13. The van der Waals surface area contributed by atoms with Gasteiger partial charge in [0.15, 0.2) is 5.11 Å². The van der Waals surface area contributed by atoms with Crippen LogP contribution in [0.1, 0.15) is 12.8 Å². The Balaban J connectivity index is 1.92. The predicted molar refractivity (Wildman–Crippen MR) is 63.8 cm³/mol. The zero-order valence-electron chi connectivity index (χ0n) is 9.12. The van der Waals surface area contributed by atoms with Gasteiger partial charge in [0.1, 0.15) is 0 Å². The molecule has 0 aromatic rings. The molecule has 2 aliphatic rings. The summed E-state index contributed by atoms with van der Waals surface area (Å²) in [7, 11) is 1.79. The summed E-state index contributed by atoms with van der Waals surface area (Å²) in [6.45, 7) is 3.53. The van der Waals surface area contributed by atoms with Crippen molar-refractivity contribution in [3.05, 3.63) is 0 Å². The van der Waals surface area contributed by atoms with E-state index in [-0.39, 0.29) is 0 Å². The molecule has 2 saturated heterocycles. The molecule has 2 aliphatic heterocycles. The van der Waals surface area contributed by atoms with Crippen molar-refractivity contribution in [3.8, 4) is 0 Å². The van der Waals surface area contributed by atoms with Crippen LogP contribution in [0.2, 0.25) is 0 Å². The van der Waals surface area contributed by atoms with Crippen LogP contribution in [0.15, 0.2) is 0 Å². The van der Waals surface area contributed by atoms with Crippen LogP contribution in [-0.4, -0.2) is 53.9 Å². The highest BCUT2D eigenvalue weighted by molar-refractivity contribution is 7.80. The minimum atomic E-state index is -0.586. The van der Waals surface area contributed by atoms with Gasteiger partial charge in [-0.1, -0.05) is 0 Å². The lowest BCUT2D eigenvalue weighted by Gasteiger charge is -2.29. The average Bonchev–Trinajstić information content (AvgIpc) is 2.47. The Hall–Kier alpha value is -0.390. The van der Waals surface area contributed by atoms with Crippen LogP contribution in [0.25, 0.3) is 0 Å². The van der Waals surface area contributed by atoms with E-state index in [2.05, 4.69) is 15.5 Å². The second kappa shape index (κ2) is 4.23. The van der Waals surface area contributed by atoms with Gasteiger partial charge in [-0.2, -0.15) is 0 Å². The minimum absolute atomic E-state index is 0.415. The number of piperidine rings is 1. The highest BCUT2D eigenvalue weighted by atomic mass is 32.1. The van der Waals surface area contributed by atoms with Gasteiger partial charge in [0.25, 0.3) is 0 Å². The molecule has 15 heavy (non-hydrogen) atoms. The summed E-state index contributed by atoms with van der Waals surface area (Å²) in [5, 5.41) is 17.1. The minimum Gasteiger partial charge on any atom is -0.386 e. The van der Waals surface area contributed by atoms with Gasteiger partial charge >= 0.3 is 0 Å². The first-order valence-electron chi connectivity index (χ1n) is 5.54. The van der Waals surface area contributed by atoms with Gasteiger partial charge in [-0.3, -0.25) is 0 Å². The van der Waals surface area contributed by atoms with Crippen molar-refractivity contribution in [2.45, 2.75) is 18.4 Å². The Bertz CT molecular complexity index is 261. The molecule has 0 radical (unpaired) electrons. The Morgan fingerprint density at radius 3 is 3.13 bits per heavy atom. The summed E-state index contributed by atoms with van der Waals surface area (Å²) in [6.07, 6.45) is 2.35. The molecule has 0 aliphatic carbocycles. The molecule has 2 heterocycles. The topological polar surface area (TPSA) is 47.5 Å². The van der Waals surface area contributed by atoms with Gasteiger partial charge in [0.2, 0.25) is 0 Å². The monoisotopic (exact) mass is 229 g/mol. The van der Waals surface area contributed by atoms with E-state index in [9.17, 15) is 5.11 Å². The van der Waals surface area contributed by atoms with Gasteiger partial charge in [-0.25, -0.2) is 0 Å². The van der Waals surface area contributed by atoms with Gasteiger partial charge in [0.05, 0.1) is 5.60 Å². The lowest BCUT2D eigenvalue weighted by molar-refractivity contribution is 0.0192. The van der Waals surface area contributed by atoms with Gasteiger partial charge in [0, 0.05) is 32.6 Å². The second-order valence-corrected chi connectivity index (χ2v) is 5.02. The van der Waals surface area contributed by atoms with Gasteiger partial charge in [-0.05, 0) is 31.6 Å². The number of hydrogen-bond donors (Lipinski definition) is 3. The summed E-state index contributed by atoms with van der Waals surface area (Å²) in [4.78, 5) is 2.35. The first-order chi connectivity index (χ1) is 7.14. The van der Waals surface area contributed by atoms with E-state index in [4.69, 9.17) is 12.2 Å². The lowest BCUT2D eigenvalue weighted by atomic mass is 9.87. The van der Waals surface area contributed by atoms with E-state index in [1.165, 1.54) is 6.42 Å². The number of aliphatic hydroxyl groups is 1. The molecular formula is C10H19N3OS. The van der Waals surface area contributed by atoms with Crippen molar-refractivity contribution in [1.29, 1.82) is 0 Å². The summed E-state index contributed by atoms with van der Waals surface area (Å²) in [6, 6.07) is 0. The molecule has 2 fully saturated rings. The van der Waals surface area contributed by atoms with Crippen LogP contribution < -0.4 is 10.6 Å². The fourth-order valence-electron chi connectivity index (χ4n) is 2.68. The highest BCUT2D eigenvalue weighted by Gasteiger charge is 2.46. The second-order valence-electron chi connectivity index (χ2n) is 4.61. The van der Waals surface area contributed by atoms with E-state index in [0.717, 1.165) is 26.1 Å². The van der Waals surface area contributed by atoms with Crippen LogP contribution in [0, 0.1) is 5.92 Å². The highest BCUT2D eigenvalue weighted by Crippen LogP contribution is 2.34. The predicted octanol–water partition coefficient (Wildman–Crippen LogP) is -0.463. The van der Waals surface area contributed by atoms with Gasteiger partial charge < -0.3 is 20.6 Å². The molecular weight excluding hydrogens is 210 g/mol. The van der Waals surface area contributed by atoms with Crippen molar-refractivity contribution < 1.29 is 5.11 Å². The van der Waals surface area contributed by atoms with Crippen molar-refractivity contribution in [2.75, 3.05) is 33.2 Å². The molecule has 4 nitrogen and oxygen atoms in total. The Morgan fingerprint density at radius 1 is 1.67 bits per heavy atom. The van der Waals surface area contributed by atoms with Crippen molar-refractivity contribution in [3.63, 3.8) is 0 Å². The number of hydrogen-bond acceptors (Lipinski definition) is 3. The first-order valence-corrected chi connectivity index (χ1v) is 5.95. The van der Waals surface area contributed by atoms with Crippen molar-refractivity contribution in [2.24, 2.45) is 5.92 Å². The molecule has 0 saturated carbocycles. The number of nitrogens with one attached hydrogen (secondary N) is 2. The fraction of sp³-hybridized carbons (Fsp3) is 0.900. The number of rotatable bonds is 2. The summed E-state index contributed by atoms with van der Waals surface area (Å²) < 4.78 is 0. The third-order valence-electron chi connectivity index (χ3n) is 3.54. The molecule has 5 heteroatoms. The van der Waals surface area contributed by atoms with E-state index >= 15 is 0 Å². The Morgan fingerprint density at radius 2 is 2.47 bits per heavy atom. The normalized spacial score (nSPS) is 38.8. The zero-order chi connectivity index (χ0) is 10.9. The molecule has 3 unspecified atom stereocenters. The van der Waals surface area contributed by atoms with Crippen LogP contribution in [0.3, 0.4) is 0 Å². The number of fused-ring (bicyclic) bond motifs is 2. The number of nitrogens with zero attached hydrogens (tertiary/aromatic N) is 1. The summed E-state index contributed by atoms with van der Waals surface area (Å²) in [5.74, 6) is 0.415. The fourth-order valence-corrected chi connectivity index (χ4v) is 2.75. The molecule has 0 aromatic heterocycles. The summed E-state index contributed by atoms with van der Waals surface area (Å²) >= 11 is 5.01. The van der Waals surface area contributed by atoms with Crippen molar-refractivity contribution in [1.82, 2.24) is 15.5 Å². The third-order valence-corrected chi connectivity index (χ3v) is 3.89. The third kappa shape index (κ3) is 2.24. The largest absolute Gasteiger partial charge is 0.386 e. The summed E-state index contributed by atoms with van der Waals surface area (Å²) in [5.41, 5.74) is -0.586. The van der Waals surface area contributed by atoms with Crippen molar-refractivity contribution >= 4 is 17.3 Å². The molecule has 0 amide bonds. The van der Waals surface area contributed by atoms with Crippen LogP contribution in [0.5, 0.6) is 0 Å². The first kappa shape index (κ1) is 11.1. The smallest absolute Gasteiger partial charge is 0.166 e. The molecule has 0 aromatic carbocycles. The maximum atomic E-state index is 10.5. The van der Waals surface area contributed by atoms with Crippen LogP contribution in [0.4, 0.5) is 0 Å². The van der Waals surface area contributed by atoms with Gasteiger partial charge in [-0.15, -0.1) is 0 Å². The molecule has 3 atom stereocenters. The quantitative estimate of drug-likeness (QED) is 0.559. The molecule has 2 bridgehead atoms. The molecule has 2 rings (SSSR count). The van der Waals surface area contributed by atoms with E-state index in [1.807, 2.05) is 0 Å². The zero-order valence-corrected chi connectivity index (χ0v) is 9.94. The van der Waals surface area contributed by atoms with Crippen LogP contribution >= 0.6 is 12.2 Å². The van der Waals surface area contributed by atoms with Crippen LogP contribution in [-0.2, 0) is 0 Å². The molecule has 0 spiro atoms. The number of thiocarbonyl (C=S) groups is 1.